The van der Waals surface area contributed by atoms with Gasteiger partial charge in [-0.15, -0.1) is 0 Å². The molecule has 1 N–H and O–H groups in total. The number of carbonyl (C=O) groups excluding carboxylic acids is 1. The van der Waals surface area contributed by atoms with Gasteiger partial charge < -0.3 is 10.1 Å². The summed E-state index contributed by atoms with van der Waals surface area (Å²) in [6.07, 6.45) is 3.21. The van der Waals surface area contributed by atoms with E-state index < -0.39 is 21.7 Å². The molecule has 0 bridgehead atoms. The van der Waals surface area contributed by atoms with Crippen LogP contribution in [0.5, 0.6) is 0 Å². The van der Waals surface area contributed by atoms with Gasteiger partial charge in [-0.1, -0.05) is 6.42 Å². The summed E-state index contributed by atoms with van der Waals surface area (Å²) in [6.45, 7) is 4.97. The van der Waals surface area contributed by atoms with Crippen LogP contribution in [0.4, 0.5) is 0 Å². The van der Waals surface area contributed by atoms with Gasteiger partial charge in [0, 0.05) is 18.6 Å². The molecule has 1 aliphatic rings. The Labute approximate surface area is 115 Å². The van der Waals surface area contributed by atoms with Gasteiger partial charge in [-0.3, -0.25) is 4.79 Å². The predicted octanol–water partition coefficient (Wildman–Crippen LogP) is 0.342. The maximum Gasteiger partial charge on any atom is 0.322 e. The van der Waals surface area contributed by atoms with Gasteiger partial charge in [0.25, 0.3) is 0 Å². The van der Waals surface area contributed by atoms with Crippen LogP contribution in [0.15, 0.2) is 0 Å². The van der Waals surface area contributed by atoms with Crippen molar-refractivity contribution in [3.8, 4) is 0 Å². The van der Waals surface area contributed by atoms with E-state index in [1.807, 2.05) is 13.8 Å². The molecule has 1 fully saturated rings. The molecule has 1 heterocycles. The van der Waals surface area contributed by atoms with E-state index in [-0.39, 0.29) is 12.1 Å². The number of nitrogens with zero attached hydrogens (tertiary/aromatic N) is 1. The lowest BCUT2D eigenvalue weighted by molar-refractivity contribution is -0.137. The molecule has 1 atom stereocenters. The van der Waals surface area contributed by atoms with Gasteiger partial charge >= 0.3 is 5.97 Å². The van der Waals surface area contributed by atoms with Crippen LogP contribution < -0.4 is 5.32 Å². The van der Waals surface area contributed by atoms with Gasteiger partial charge in [-0.2, -0.15) is 4.31 Å². The Hall–Kier alpha value is -0.660. The van der Waals surface area contributed by atoms with E-state index in [9.17, 15) is 13.2 Å². The van der Waals surface area contributed by atoms with Crippen LogP contribution in [-0.2, 0) is 19.6 Å². The minimum Gasteiger partial charge on any atom is -0.468 e. The van der Waals surface area contributed by atoms with E-state index >= 15 is 0 Å². The number of carbonyl (C=O) groups is 1. The summed E-state index contributed by atoms with van der Waals surface area (Å²) in [5.74, 6) is -1.31. The molecule has 1 unspecified atom stereocenters. The Kier molecular flexibility index (Phi) is 6.22. The van der Waals surface area contributed by atoms with Crippen LogP contribution in [0.3, 0.4) is 0 Å². The van der Waals surface area contributed by atoms with Crippen LogP contribution >= 0.6 is 0 Å². The standard InChI is InChI=1S/C12H24N2O4S/c1-10(2)14(8-11-6-4-5-7-13-11)19(16,17)9-12(15)18-3/h10-11,13H,4-9H2,1-3H3. The summed E-state index contributed by atoms with van der Waals surface area (Å²) in [4.78, 5) is 11.2. The van der Waals surface area contributed by atoms with Crippen molar-refractivity contribution in [2.75, 3.05) is 26.0 Å². The number of esters is 1. The van der Waals surface area contributed by atoms with Gasteiger partial charge in [0.15, 0.2) is 5.75 Å². The molecule has 0 saturated carbocycles. The fraction of sp³-hybridized carbons (Fsp3) is 0.917. The second-order valence-electron chi connectivity index (χ2n) is 5.14. The first-order valence-electron chi connectivity index (χ1n) is 6.66. The first kappa shape index (κ1) is 16.4. The highest BCUT2D eigenvalue weighted by Gasteiger charge is 2.30. The molecule has 1 rings (SSSR count). The van der Waals surface area contributed by atoms with E-state index in [4.69, 9.17) is 0 Å². The molecule has 1 saturated heterocycles. The summed E-state index contributed by atoms with van der Waals surface area (Å²) >= 11 is 0. The number of hydrogen-bond acceptors (Lipinski definition) is 5. The Balaban J connectivity index is 2.72. The molecule has 0 radical (unpaired) electrons. The van der Waals surface area contributed by atoms with Crippen molar-refractivity contribution in [3.63, 3.8) is 0 Å². The zero-order valence-corrected chi connectivity index (χ0v) is 12.7. The molecule has 112 valence electrons. The number of sulfonamides is 1. The summed E-state index contributed by atoms with van der Waals surface area (Å²) in [7, 11) is -2.42. The first-order chi connectivity index (χ1) is 8.86. The van der Waals surface area contributed by atoms with Crippen LogP contribution in [0, 0.1) is 0 Å². The van der Waals surface area contributed by atoms with Crippen LogP contribution in [-0.4, -0.2) is 56.7 Å². The van der Waals surface area contributed by atoms with E-state index in [1.54, 1.807) is 0 Å². The molecular formula is C12H24N2O4S. The van der Waals surface area contributed by atoms with E-state index in [1.165, 1.54) is 11.4 Å². The third-order valence-electron chi connectivity index (χ3n) is 3.27. The second-order valence-corrected chi connectivity index (χ2v) is 7.06. The summed E-state index contributed by atoms with van der Waals surface area (Å²) < 4.78 is 30.3. The smallest absolute Gasteiger partial charge is 0.322 e. The fourth-order valence-corrected chi connectivity index (χ4v) is 3.86. The Bertz CT molecular complexity index is 389. The monoisotopic (exact) mass is 292 g/mol. The highest BCUT2D eigenvalue weighted by Crippen LogP contribution is 2.14. The fourth-order valence-electron chi connectivity index (χ4n) is 2.23. The zero-order chi connectivity index (χ0) is 14.5. The normalized spacial score (nSPS) is 20.8. The minimum atomic E-state index is -3.61. The van der Waals surface area contributed by atoms with Crippen molar-refractivity contribution < 1.29 is 17.9 Å². The lowest BCUT2D eigenvalue weighted by atomic mass is 10.1. The molecule has 0 aromatic carbocycles. The maximum atomic E-state index is 12.2. The van der Waals surface area contributed by atoms with Gasteiger partial charge in [0.2, 0.25) is 10.0 Å². The molecule has 0 aromatic heterocycles. The molecule has 19 heavy (non-hydrogen) atoms. The zero-order valence-electron chi connectivity index (χ0n) is 11.9. The number of piperidine rings is 1. The highest BCUT2D eigenvalue weighted by molar-refractivity contribution is 7.89. The molecule has 1 aliphatic heterocycles. The van der Waals surface area contributed by atoms with Crippen LogP contribution in [0.25, 0.3) is 0 Å². The Morgan fingerprint density at radius 1 is 1.42 bits per heavy atom. The molecule has 0 spiro atoms. The number of nitrogens with one attached hydrogen (secondary N) is 1. The minimum absolute atomic E-state index is 0.168. The van der Waals surface area contributed by atoms with Crippen molar-refractivity contribution in [2.45, 2.75) is 45.2 Å². The summed E-state index contributed by atoms with van der Waals surface area (Å²) in [5, 5.41) is 3.32. The first-order valence-corrected chi connectivity index (χ1v) is 8.27. The van der Waals surface area contributed by atoms with E-state index in [2.05, 4.69) is 10.1 Å². The largest absolute Gasteiger partial charge is 0.468 e. The lowest BCUT2D eigenvalue weighted by Gasteiger charge is -2.32. The molecule has 0 aliphatic carbocycles. The van der Waals surface area contributed by atoms with Crippen molar-refractivity contribution in [1.29, 1.82) is 0 Å². The molecule has 0 aromatic rings. The molecule has 6 nitrogen and oxygen atoms in total. The van der Waals surface area contributed by atoms with E-state index in [0.717, 1.165) is 25.8 Å². The highest BCUT2D eigenvalue weighted by atomic mass is 32.2. The molecule has 0 amide bonds. The van der Waals surface area contributed by atoms with Crippen LogP contribution in [0.2, 0.25) is 0 Å². The lowest BCUT2D eigenvalue weighted by Crippen LogP contribution is -2.49. The number of methoxy groups -OCH3 is 1. The number of ether oxygens (including phenoxy) is 1. The maximum absolute atomic E-state index is 12.2. The van der Waals surface area contributed by atoms with E-state index in [0.29, 0.717) is 6.54 Å². The molecular weight excluding hydrogens is 268 g/mol. The van der Waals surface area contributed by atoms with Gasteiger partial charge in [0.05, 0.1) is 7.11 Å². The van der Waals surface area contributed by atoms with Crippen molar-refractivity contribution in [3.05, 3.63) is 0 Å². The Morgan fingerprint density at radius 3 is 2.58 bits per heavy atom. The van der Waals surface area contributed by atoms with Crippen molar-refractivity contribution in [1.82, 2.24) is 9.62 Å². The molecule has 7 heteroatoms. The SMILES string of the molecule is COC(=O)CS(=O)(=O)N(CC1CCCCN1)C(C)C. The quantitative estimate of drug-likeness (QED) is 0.715. The average molecular weight is 292 g/mol. The topological polar surface area (TPSA) is 75.7 Å². The van der Waals surface area contributed by atoms with Gasteiger partial charge in [-0.05, 0) is 33.2 Å². The van der Waals surface area contributed by atoms with Crippen molar-refractivity contribution >= 4 is 16.0 Å². The Morgan fingerprint density at radius 2 is 2.11 bits per heavy atom. The summed E-state index contributed by atoms with van der Waals surface area (Å²) in [6, 6.07) is 0.00181. The predicted molar refractivity (Wildman–Crippen MR) is 73.3 cm³/mol. The number of rotatable bonds is 6. The van der Waals surface area contributed by atoms with Crippen LogP contribution in [0.1, 0.15) is 33.1 Å². The number of hydrogen-bond donors (Lipinski definition) is 1. The average Bonchev–Trinajstić information content (AvgIpc) is 2.36. The van der Waals surface area contributed by atoms with Crippen molar-refractivity contribution in [2.24, 2.45) is 0 Å². The third-order valence-corrected chi connectivity index (χ3v) is 5.16. The second kappa shape index (κ2) is 7.21. The summed E-state index contributed by atoms with van der Waals surface area (Å²) in [5.41, 5.74) is 0. The third kappa shape index (κ3) is 5.08. The van der Waals surface area contributed by atoms with Gasteiger partial charge in [-0.25, -0.2) is 8.42 Å². The van der Waals surface area contributed by atoms with Gasteiger partial charge in [0.1, 0.15) is 0 Å².